The van der Waals surface area contributed by atoms with Gasteiger partial charge in [-0.25, -0.2) is 9.59 Å². The summed E-state index contributed by atoms with van der Waals surface area (Å²) < 4.78 is 4.95. The van der Waals surface area contributed by atoms with Gasteiger partial charge in [0, 0.05) is 6.42 Å². The first-order chi connectivity index (χ1) is 7.00. The van der Waals surface area contributed by atoms with Crippen LogP contribution in [-0.2, 0) is 14.3 Å². The highest BCUT2D eigenvalue weighted by atomic mass is 16.5. The number of aliphatic carboxylic acids is 2. The number of rotatable bonds is 4. The Kier molecular flexibility index (Phi) is 3.28. The van der Waals surface area contributed by atoms with Crippen LogP contribution in [0.3, 0.4) is 0 Å². The normalized spacial score (nSPS) is 19.2. The average molecular weight is 210 g/mol. The molecule has 0 aromatic carbocycles. The van der Waals surface area contributed by atoms with E-state index in [0.29, 0.717) is 6.42 Å². The van der Waals surface area contributed by atoms with E-state index in [9.17, 15) is 9.59 Å². The Morgan fingerprint density at radius 3 is 2.67 bits per heavy atom. The zero-order valence-corrected chi connectivity index (χ0v) is 7.84. The van der Waals surface area contributed by atoms with Crippen LogP contribution in [0.15, 0.2) is 36.1 Å². The molecule has 80 valence electrons. The first-order valence-corrected chi connectivity index (χ1v) is 4.21. The van der Waals surface area contributed by atoms with Crippen molar-refractivity contribution in [3.05, 3.63) is 36.1 Å². The maximum Gasteiger partial charge on any atom is 0.370 e. The van der Waals surface area contributed by atoms with Crippen molar-refractivity contribution in [1.29, 1.82) is 0 Å². The molecule has 5 heteroatoms. The van der Waals surface area contributed by atoms with Gasteiger partial charge in [0.25, 0.3) is 0 Å². The first kappa shape index (κ1) is 11.0. The van der Waals surface area contributed by atoms with Crippen molar-refractivity contribution in [3.63, 3.8) is 0 Å². The van der Waals surface area contributed by atoms with E-state index in [-0.39, 0.29) is 5.57 Å². The van der Waals surface area contributed by atoms with Crippen LogP contribution in [0.2, 0.25) is 0 Å². The lowest BCUT2D eigenvalue weighted by Gasteiger charge is -2.16. The van der Waals surface area contributed by atoms with E-state index in [2.05, 4.69) is 6.58 Å². The fraction of sp³-hybridized carbons (Fsp3) is 0.200. The van der Waals surface area contributed by atoms with Crippen molar-refractivity contribution in [2.45, 2.75) is 12.5 Å². The Labute approximate surface area is 86.0 Å². The predicted molar refractivity (Wildman–Crippen MR) is 51.1 cm³/mol. The minimum atomic E-state index is -1.25. The summed E-state index contributed by atoms with van der Waals surface area (Å²) >= 11 is 0. The monoisotopic (exact) mass is 210 g/mol. The van der Waals surface area contributed by atoms with Gasteiger partial charge in [0.2, 0.25) is 0 Å². The number of carbonyl (C=O) groups is 2. The van der Waals surface area contributed by atoms with Crippen LogP contribution in [0.25, 0.3) is 0 Å². The van der Waals surface area contributed by atoms with Crippen LogP contribution in [0.4, 0.5) is 0 Å². The molecule has 0 amide bonds. The van der Waals surface area contributed by atoms with Crippen molar-refractivity contribution in [2.24, 2.45) is 0 Å². The van der Waals surface area contributed by atoms with Crippen molar-refractivity contribution in [3.8, 4) is 0 Å². The van der Waals surface area contributed by atoms with Gasteiger partial charge in [-0.2, -0.15) is 0 Å². The molecule has 0 fully saturated rings. The molecule has 1 aliphatic rings. The number of hydrogen-bond donors (Lipinski definition) is 2. The van der Waals surface area contributed by atoms with Crippen LogP contribution in [0, 0.1) is 0 Å². The lowest BCUT2D eigenvalue weighted by Crippen LogP contribution is -2.17. The molecule has 2 N–H and O–H groups in total. The summed E-state index contributed by atoms with van der Waals surface area (Å²) in [5, 5.41) is 17.2. The first-order valence-electron chi connectivity index (χ1n) is 4.21. The van der Waals surface area contributed by atoms with Gasteiger partial charge in [-0.15, -0.1) is 0 Å². The molecule has 1 atom stereocenters. The SMILES string of the molecule is C=C(OC1C=C(C(=O)O)C=CC1)C(=O)O. The van der Waals surface area contributed by atoms with Gasteiger partial charge in [-0.3, -0.25) is 0 Å². The molecule has 1 rings (SSSR count). The van der Waals surface area contributed by atoms with Gasteiger partial charge in [-0.1, -0.05) is 12.2 Å². The summed E-state index contributed by atoms with van der Waals surface area (Å²) in [5.74, 6) is -2.72. The molecule has 1 unspecified atom stereocenters. The summed E-state index contributed by atoms with van der Waals surface area (Å²) in [5.41, 5.74) is 0.0874. The summed E-state index contributed by atoms with van der Waals surface area (Å²) in [7, 11) is 0. The van der Waals surface area contributed by atoms with Gasteiger partial charge in [-0.05, 0) is 12.7 Å². The second-order valence-corrected chi connectivity index (χ2v) is 2.95. The maximum atomic E-state index is 10.6. The van der Waals surface area contributed by atoms with Gasteiger partial charge in [0.1, 0.15) is 6.10 Å². The third-order valence-corrected chi connectivity index (χ3v) is 1.81. The van der Waals surface area contributed by atoms with Crippen molar-refractivity contribution in [1.82, 2.24) is 0 Å². The van der Waals surface area contributed by atoms with E-state index in [0.717, 1.165) is 0 Å². The largest absolute Gasteiger partial charge is 0.479 e. The van der Waals surface area contributed by atoms with E-state index in [1.54, 1.807) is 6.08 Å². The van der Waals surface area contributed by atoms with Crippen LogP contribution in [-0.4, -0.2) is 28.3 Å². The lowest BCUT2D eigenvalue weighted by molar-refractivity contribution is -0.137. The molecule has 0 heterocycles. The highest BCUT2D eigenvalue weighted by molar-refractivity contribution is 5.90. The number of carboxylic acid groups (broad SMARTS) is 2. The Morgan fingerprint density at radius 2 is 2.13 bits per heavy atom. The van der Waals surface area contributed by atoms with Crippen LogP contribution in [0.1, 0.15) is 6.42 Å². The zero-order valence-electron chi connectivity index (χ0n) is 7.84. The topological polar surface area (TPSA) is 83.8 Å². The van der Waals surface area contributed by atoms with E-state index in [1.807, 2.05) is 0 Å². The van der Waals surface area contributed by atoms with Gasteiger partial charge < -0.3 is 14.9 Å². The van der Waals surface area contributed by atoms with Gasteiger partial charge in [0.05, 0.1) is 5.57 Å². The molecule has 0 aliphatic heterocycles. The van der Waals surface area contributed by atoms with E-state index >= 15 is 0 Å². The number of carboxylic acids is 2. The number of hydrogen-bond acceptors (Lipinski definition) is 3. The fourth-order valence-electron chi connectivity index (χ4n) is 1.11. The van der Waals surface area contributed by atoms with Crippen LogP contribution in [0.5, 0.6) is 0 Å². The Morgan fingerprint density at radius 1 is 1.47 bits per heavy atom. The zero-order chi connectivity index (χ0) is 11.4. The summed E-state index contributed by atoms with van der Waals surface area (Å²) in [6.45, 7) is 3.20. The quantitative estimate of drug-likeness (QED) is 0.533. The van der Waals surface area contributed by atoms with E-state index < -0.39 is 23.8 Å². The van der Waals surface area contributed by atoms with Crippen molar-refractivity contribution < 1.29 is 24.5 Å². The van der Waals surface area contributed by atoms with E-state index in [4.69, 9.17) is 14.9 Å². The standard InChI is InChI=1S/C10H10O5/c1-6(9(11)12)15-8-4-2-3-7(5-8)10(13)14/h2-3,5,8H,1,4H2,(H,11,12)(H,13,14). The van der Waals surface area contributed by atoms with Crippen LogP contribution >= 0.6 is 0 Å². The molecular weight excluding hydrogens is 200 g/mol. The van der Waals surface area contributed by atoms with Crippen molar-refractivity contribution >= 4 is 11.9 Å². The highest BCUT2D eigenvalue weighted by Crippen LogP contribution is 2.16. The maximum absolute atomic E-state index is 10.6. The Balaban J connectivity index is 2.66. The number of ether oxygens (including phenoxy) is 1. The minimum Gasteiger partial charge on any atom is -0.479 e. The molecule has 1 aliphatic carbocycles. The predicted octanol–water partition coefficient (Wildman–Crippen LogP) is 0.941. The molecule has 0 aromatic rings. The van der Waals surface area contributed by atoms with Crippen molar-refractivity contribution in [2.75, 3.05) is 0 Å². The fourth-order valence-corrected chi connectivity index (χ4v) is 1.11. The highest BCUT2D eigenvalue weighted by Gasteiger charge is 2.17. The second-order valence-electron chi connectivity index (χ2n) is 2.95. The summed E-state index contributed by atoms with van der Waals surface area (Å²) in [4.78, 5) is 21.0. The molecule has 0 radical (unpaired) electrons. The second kappa shape index (κ2) is 4.45. The van der Waals surface area contributed by atoms with Gasteiger partial charge >= 0.3 is 11.9 Å². The third kappa shape index (κ3) is 2.98. The molecule has 0 saturated heterocycles. The minimum absolute atomic E-state index is 0.0874. The molecule has 0 saturated carbocycles. The smallest absolute Gasteiger partial charge is 0.370 e. The third-order valence-electron chi connectivity index (χ3n) is 1.81. The average Bonchev–Trinajstić information content (AvgIpc) is 2.18. The van der Waals surface area contributed by atoms with Crippen LogP contribution < -0.4 is 0 Å². The Bertz CT molecular complexity index is 364. The summed E-state index contributed by atoms with van der Waals surface area (Å²) in [6, 6.07) is 0. The van der Waals surface area contributed by atoms with E-state index in [1.165, 1.54) is 12.2 Å². The molecule has 15 heavy (non-hydrogen) atoms. The molecule has 0 aromatic heterocycles. The molecule has 5 nitrogen and oxygen atoms in total. The van der Waals surface area contributed by atoms with Gasteiger partial charge in [0.15, 0.2) is 5.76 Å². The molecule has 0 bridgehead atoms. The molecule has 0 spiro atoms. The lowest BCUT2D eigenvalue weighted by atomic mass is 10.1. The Hall–Kier alpha value is -2.04. The molecular formula is C10H10O5. The summed E-state index contributed by atoms with van der Waals surface area (Å²) in [6.07, 6.45) is 4.28.